The van der Waals surface area contributed by atoms with Crippen LogP contribution in [0.1, 0.15) is 29.7 Å². The molecule has 0 unspecified atom stereocenters. The standard InChI is InChI=1S/C15H18N6/c1-3-20-12(2)9-14(17-20)11-21-18-15(16-19-21)10-13-7-5-4-6-8-13/h4-9H,3,10-11H2,1-2H3. The summed E-state index contributed by atoms with van der Waals surface area (Å²) < 4.78 is 1.97. The van der Waals surface area contributed by atoms with E-state index in [9.17, 15) is 0 Å². The molecular formula is C15H18N6. The van der Waals surface area contributed by atoms with E-state index in [0.717, 1.165) is 23.8 Å². The van der Waals surface area contributed by atoms with Crippen molar-refractivity contribution in [3.63, 3.8) is 0 Å². The van der Waals surface area contributed by atoms with Crippen LogP contribution in [0.3, 0.4) is 0 Å². The van der Waals surface area contributed by atoms with Gasteiger partial charge in [0.1, 0.15) is 6.54 Å². The predicted octanol–water partition coefficient (Wildman–Crippen LogP) is 1.84. The van der Waals surface area contributed by atoms with E-state index in [1.807, 2.05) is 22.9 Å². The zero-order chi connectivity index (χ0) is 14.7. The van der Waals surface area contributed by atoms with Crippen LogP contribution in [0.5, 0.6) is 0 Å². The van der Waals surface area contributed by atoms with Crippen LogP contribution in [-0.2, 0) is 19.5 Å². The summed E-state index contributed by atoms with van der Waals surface area (Å²) in [5.41, 5.74) is 3.29. The molecular weight excluding hydrogens is 264 g/mol. The van der Waals surface area contributed by atoms with Crippen molar-refractivity contribution in [2.24, 2.45) is 0 Å². The van der Waals surface area contributed by atoms with Crippen LogP contribution in [0.2, 0.25) is 0 Å². The Hall–Kier alpha value is -2.50. The Morgan fingerprint density at radius 3 is 2.62 bits per heavy atom. The van der Waals surface area contributed by atoms with Gasteiger partial charge in [0, 0.05) is 18.7 Å². The van der Waals surface area contributed by atoms with Crippen LogP contribution in [0.4, 0.5) is 0 Å². The number of aryl methyl sites for hydroxylation is 2. The van der Waals surface area contributed by atoms with Crippen LogP contribution in [0.25, 0.3) is 0 Å². The quantitative estimate of drug-likeness (QED) is 0.716. The minimum absolute atomic E-state index is 0.551. The summed E-state index contributed by atoms with van der Waals surface area (Å²) in [5, 5.41) is 17.1. The highest BCUT2D eigenvalue weighted by Gasteiger charge is 2.08. The van der Waals surface area contributed by atoms with Crippen molar-refractivity contribution >= 4 is 0 Å². The molecule has 0 saturated carbocycles. The molecule has 0 N–H and O–H groups in total. The van der Waals surface area contributed by atoms with Crippen molar-refractivity contribution in [1.29, 1.82) is 0 Å². The van der Waals surface area contributed by atoms with Gasteiger partial charge in [-0.2, -0.15) is 9.90 Å². The zero-order valence-electron chi connectivity index (χ0n) is 12.3. The lowest BCUT2D eigenvalue weighted by molar-refractivity contribution is 0.548. The number of benzene rings is 1. The largest absolute Gasteiger partial charge is 0.270 e. The summed E-state index contributed by atoms with van der Waals surface area (Å²) in [6.45, 7) is 5.55. The van der Waals surface area contributed by atoms with Crippen LogP contribution < -0.4 is 0 Å². The van der Waals surface area contributed by atoms with Gasteiger partial charge in [-0.1, -0.05) is 30.3 Å². The second-order valence-electron chi connectivity index (χ2n) is 4.99. The van der Waals surface area contributed by atoms with Crippen LogP contribution >= 0.6 is 0 Å². The SMILES string of the molecule is CCn1nc(Cn2nnc(Cc3ccccc3)n2)cc1C. The lowest BCUT2D eigenvalue weighted by atomic mass is 10.1. The maximum absolute atomic E-state index is 4.50. The summed E-state index contributed by atoms with van der Waals surface area (Å²) >= 11 is 0. The average Bonchev–Trinajstić information content (AvgIpc) is 3.07. The van der Waals surface area contributed by atoms with Gasteiger partial charge in [-0.05, 0) is 30.7 Å². The highest BCUT2D eigenvalue weighted by Crippen LogP contribution is 2.06. The number of aromatic nitrogens is 6. The third-order valence-electron chi connectivity index (χ3n) is 3.33. The monoisotopic (exact) mass is 282 g/mol. The van der Waals surface area contributed by atoms with Gasteiger partial charge in [-0.25, -0.2) is 0 Å². The normalized spacial score (nSPS) is 11.0. The lowest BCUT2D eigenvalue weighted by Crippen LogP contribution is -2.06. The fourth-order valence-electron chi connectivity index (χ4n) is 2.31. The molecule has 21 heavy (non-hydrogen) atoms. The lowest BCUT2D eigenvalue weighted by Gasteiger charge is -1.97. The Bertz CT molecular complexity index is 713. The molecule has 2 aromatic heterocycles. The summed E-state index contributed by atoms with van der Waals surface area (Å²) in [6.07, 6.45) is 0.698. The molecule has 0 saturated heterocycles. The number of hydrogen-bond donors (Lipinski definition) is 0. The molecule has 3 aromatic rings. The highest BCUT2D eigenvalue weighted by atomic mass is 15.6. The minimum atomic E-state index is 0.551. The molecule has 6 heteroatoms. The van der Waals surface area contributed by atoms with Gasteiger partial charge >= 0.3 is 0 Å². The number of nitrogens with zero attached hydrogens (tertiary/aromatic N) is 6. The molecule has 0 amide bonds. The molecule has 2 heterocycles. The number of rotatable bonds is 5. The van der Waals surface area contributed by atoms with E-state index in [-0.39, 0.29) is 0 Å². The first-order chi connectivity index (χ1) is 10.2. The van der Waals surface area contributed by atoms with E-state index in [4.69, 9.17) is 0 Å². The molecule has 0 radical (unpaired) electrons. The second kappa shape index (κ2) is 5.87. The summed E-state index contributed by atoms with van der Waals surface area (Å²) in [6, 6.07) is 12.2. The van der Waals surface area contributed by atoms with E-state index >= 15 is 0 Å². The maximum atomic E-state index is 4.50. The molecule has 0 aliphatic carbocycles. The zero-order valence-corrected chi connectivity index (χ0v) is 12.3. The third-order valence-corrected chi connectivity index (χ3v) is 3.33. The smallest absolute Gasteiger partial charge is 0.179 e. The Morgan fingerprint density at radius 1 is 1.10 bits per heavy atom. The van der Waals surface area contributed by atoms with E-state index in [1.54, 1.807) is 4.80 Å². The van der Waals surface area contributed by atoms with Crippen molar-refractivity contribution in [3.05, 3.63) is 59.2 Å². The number of tetrazole rings is 1. The Kier molecular flexibility index (Phi) is 3.77. The van der Waals surface area contributed by atoms with Gasteiger partial charge in [0.25, 0.3) is 0 Å². The molecule has 0 aliphatic heterocycles. The van der Waals surface area contributed by atoms with Crippen molar-refractivity contribution in [2.75, 3.05) is 0 Å². The Morgan fingerprint density at radius 2 is 1.90 bits per heavy atom. The van der Waals surface area contributed by atoms with Gasteiger partial charge < -0.3 is 0 Å². The van der Waals surface area contributed by atoms with Crippen molar-refractivity contribution in [3.8, 4) is 0 Å². The topological polar surface area (TPSA) is 61.4 Å². The van der Waals surface area contributed by atoms with Crippen LogP contribution in [0.15, 0.2) is 36.4 Å². The molecule has 0 spiro atoms. The number of hydrogen-bond acceptors (Lipinski definition) is 4. The van der Waals surface area contributed by atoms with Crippen LogP contribution in [-0.4, -0.2) is 30.0 Å². The molecule has 0 atom stereocenters. The highest BCUT2D eigenvalue weighted by molar-refractivity contribution is 5.18. The molecule has 3 rings (SSSR count). The predicted molar refractivity (Wildman–Crippen MR) is 78.8 cm³/mol. The van der Waals surface area contributed by atoms with Gasteiger partial charge in [0.2, 0.25) is 0 Å². The van der Waals surface area contributed by atoms with E-state index in [1.165, 1.54) is 5.56 Å². The second-order valence-corrected chi connectivity index (χ2v) is 4.99. The average molecular weight is 282 g/mol. The first kappa shape index (κ1) is 13.5. The van der Waals surface area contributed by atoms with Crippen molar-refractivity contribution < 1.29 is 0 Å². The van der Waals surface area contributed by atoms with E-state index in [0.29, 0.717) is 13.0 Å². The molecule has 0 aliphatic rings. The van der Waals surface area contributed by atoms with Gasteiger partial charge in [-0.3, -0.25) is 4.68 Å². The third kappa shape index (κ3) is 3.16. The fourth-order valence-corrected chi connectivity index (χ4v) is 2.31. The molecule has 1 aromatic carbocycles. The summed E-state index contributed by atoms with van der Waals surface area (Å²) in [5.74, 6) is 0.729. The van der Waals surface area contributed by atoms with Crippen molar-refractivity contribution in [2.45, 2.75) is 33.4 Å². The molecule has 0 fully saturated rings. The van der Waals surface area contributed by atoms with Gasteiger partial charge in [0.05, 0.1) is 5.69 Å². The first-order valence-corrected chi connectivity index (χ1v) is 7.08. The van der Waals surface area contributed by atoms with E-state index < -0.39 is 0 Å². The molecule has 0 bridgehead atoms. The van der Waals surface area contributed by atoms with Crippen molar-refractivity contribution in [1.82, 2.24) is 30.0 Å². The Balaban J connectivity index is 1.70. The van der Waals surface area contributed by atoms with Gasteiger partial charge in [-0.15, -0.1) is 10.2 Å². The van der Waals surface area contributed by atoms with Crippen LogP contribution in [0, 0.1) is 6.92 Å². The summed E-state index contributed by atoms with van der Waals surface area (Å²) in [4.78, 5) is 1.60. The maximum Gasteiger partial charge on any atom is 0.179 e. The summed E-state index contributed by atoms with van der Waals surface area (Å²) in [7, 11) is 0. The van der Waals surface area contributed by atoms with Gasteiger partial charge in [0.15, 0.2) is 5.82 Å². The molecule has 108 valence electrons. The van der Waals surface area contributed by atoms with E-state index in [2.05, 4.69) is 52.6 Å². The first-order valence-electron chi connectivity index (χ1n) is 7.08. The fraction of sp³-hybridized carbons (Fsp3) is 0.333. The molecule has 6 nitrogen and oxygen atoms in total. The Labute approximate surface area is 123 Å². The minimum Gasteiger partial charge on any atom is -0.270 e.